The van der Waals surface area contributed by atoms with Crippen LogP contribution in [0.1, 0.15) is 50.3 Å². The average molecular weight is 312 g/mol. The fraction of sp³-hybridized carbons (Fsp3) is 0.625. The number of rotatable bonds is 6. The Morgan fingerprint density at radius 3 is 2.05 bits per heavy atom. The summed E-state index contributed by atoms with van der Waals surface area (Å²) < 4.78 is 27.6. The van der Waals surface area contributed by atoms with Gasteiger partial charge in [0.25, 0.3) is 0 Å². The molecule has 0 saturated heterocycles. The minimum absolute atomic E-state index is 0.00632. The van der Waals surface area contributed by atoms with Crippen LogP contribution in [0, 0.1) is 13.8 Å². The van der Waals surface area contributed by atoms with E-state index in [1.54, 1.807) is 0 Å². The van der Waals surface area contributed by atoms with Crippen LogP contribution in [0.15, 0.2) is 17.0 Å². The number of hydrogen-bond acceptors (Lipinski definition) is 3. The van der Waals surface area contributed by atoms with E-state index in [1.807, 2.05) is 26.0 Å². The molecule has 0 spiro atoms. The van der Waals surface area contributed by atoms with Crippen LogP contribution in [-0.4, -0.2) is 21.5 Å². The van der Waals surface area contributed by atoms with Crippen molar-refractivity contribution in [1.29, 1.82) is 0 Å². The van der Waals surface area contributed by atoms with E-state index in [2.05, 4.69) is 25.5 Å². The standard InChI is InChI=1S/C16H28N2O2S/c1-12-10-14(16(3,4)5)11-13(2)15(12)21(19,20)18-9-7-6-8-17/h10-11,18H,6-9,17H2,1-5H3. The Labute approximate surface area is 129 Å². The lowest BCUT2D eigenvalue weighted by atomic mass is 9.85. The largest absolute Gasteiger partial charge is 0.330 e. The maximum Gasteiger partial charge on any atom is 0.241 e. The minimum atomic E-state index is -3.46. The SMILES string of the molecule is Cc1cc(C(C)(C)C)cc(C)c1S(=O)(=O)NCCCCN. The summed E-state index contributed by atoms with van der Waals surface area (Å²) in [6, 6.07) is 3.95. The molecule has 0 amide bonds. The van der Waals surface area contributed by atoms with Crippen LogP contribution in [0.5, 0.6) is 0 Å². The van der Waals surface area contributed by atoms with Crippen LogP contribution in [0.25, 0.3) is 0 Å². The summed E-state index contributed by atoms with van der Waals surface area (Å²) in [5, 5.41) is 0. The zero-order valence-electron chi connectivity index (χ0n) is 13.8. The Bertz CT molecular complexity index is 564. The molecule has 0 aromatic heterocycles. The molecule has 1 rings (SSSR count). The predicted molar refractivity (Wildman–Crippen MR) is 88.1 cm³/mol. The van der Waals surface area contributed by atoms with E-state index in [9.17, 15) is 8.42 Å². The second-order valence-electron chi connectivity index (χ2n) is 6.58. The third-order valence-electron chi connectivity index (χ3n) is 3.52. The maximum absolute atomic E-state index is 12.5. The first kappa shape index (κ1) is 18.1. The molecule has 1 aromatic rings. The first-order valence-electron chi connectivity index (χ1n) is 7.41. The van der Waals surface area contributed by atoms with Gasteiger partial charge in [-0.15, -0.1) is 0 Å². The van der Waals surface area contributed by atoms with Crippen LogP contribution in [-0.2, 0) is 15.4 Å². The summed E-state index contributed by atoms with van der Waals surface area (Å²) in [6.45, 7) is 11.1. The molecule has 120 valence electrons. The molecular weight excluding hydrogens is 284 g/mol. The molecule has 0 fully saturated rings. The van der Waals surface area contributed by atoms with E-state index in [4.69, 9.17) is 5.73 Å². The molecule has 21 heavy (non-hydrogen) atoms. The van der Waals surface area contributed by atoms with Crippen LogP contribution in [0.3, 0.4) is 0 Å². The number of unbranched alkanes of at least 4 members (excludes halogenated alkanes) is 1. The number of nitrogens with one attached hydrogen (secondary N) is 1. The lowest BCUT2D eigenvalue weighted by molar-refractivity contribution is 0.572. The second-order valence-corrected chi connectivity index (χ2v) is 8.29. The summed E-state index contributed by atoms with van der Waals surface area (Å²) in [5.74, 6) is 0. The zero-order chi connectivity index (χ0) is 16.3. The van der Waals surface area contributed by atoms with Gasteiger partial charge in [0.2, 0.25) is 10.0 Å². The highest BCUT2D eigenvalue weighted by atomic mass is 32.2. The Balaban J connectivity index is 3.08. The first-order chi connectivity index (χ1) is 9.59. The van der Waals surface area contributed by atoms with Gasteiger partial charge in [-0.05, 0) is 55.3 Å². The predicted octanol–water partition coefficient (Wildman–Crippen LogP) is 2.62. The molecule has 0 heterocycles. The van der Waals surface area contributed by atoms with E-state index in [0.29, 0.717) is 18.0 Å². The van der Waals surface area contributed by atoms with E-state index < -0.39 is 10.0 Å². The highest BCUT2D eigenvalue weighted by Crippen LogP contribution is 2.29. The Morgan fingerprint density at radius 1 is 1.10 bits per heavy atom. The van der Waals surface area contributed by atoms with E-state index in [0.717, 1.165) is 29.5 Å². The maximum atomic E-state index is 12.5. The Morgan fingerprint density at radius 2 is 1.62 bits per heavy atom. The van der Waals surface area contributed by atoms with Crippen LogP contribution in [0.2, 0.25) is 0 Å². The topological polar surface area (TPSA) is 72.2 Å². The summed E-state index contributed by atoms with van der Waals surface area (Å²) in [6.07, 6.45) is 1.58. The molecule has 0 aliphatic carbocycles. The van der Waals surface area contributed by atoms with Gasteiger partial charge < -0.3 is 5.73 Å². The molecule has 5 heteroatoms. The van der Waals surface area contributed by atoms with Crippen molar-refractivity contribution in [3.8, 4) is 0 Å². The number of nitrogens with two attached hydrogens (primary N) is 1. The Kier molecular flexibility index (Phi) is 5.96. The van der Waals surface area contributed by atoms with Gasteiger partial charge in [-0.2, -0.15) is 0 Å². The molecule has 0 saturated carbocycles. The number of hydrogen-bond donors (Lipinski definition) is 2. The normalized spacial score (nSPS) is 12.7. The lowest BCUT2D eigenvalue weighted by Crippen LogP contribution is -2.27. The van der Waals surface area contributed by atoms with Gasteiger partial charge in [0.1, 0.15) is 0 Å². The molecule has 0 atom stereocenters. The average Bonchev–Trinajstić information content (AvgIpc) is 2.32. The van der Waals surface area contributed by atoms with Gasteiger partial charge in [0.15, 0.2) is 0 Å². The van der Waals surface area contributed by atoms with E-state index >= 15 is 0 Å². The fourth-order valence-corrected chi connectivity index (χ4v) is 3.88. The second kappa shape index (κ2) is 6.90. The fourth-order valence-electron chi connectivity index (χ4n) is 2.36. The molecule has 0 radical (unpaired) electrons. The van der Waals surface area contributed by atoms with E-state index in [-0.39, 0.29) is 5.41 Å². The molecule has 4 nitrogen and oxygen atoms in total. The number of benzene rings is 1. The zero-order valence-corrected chi connectivity index (χ0v) is 14.6. The first-order valence-corrected chi connectivity index (χ1v) is 8.89. The van der Waals surface area contributed by atoms with Crippen molar-refractivity contribution in [2.75, 3.05) is 13.1 Å². The van der Waals surface area contributed by atoms with E-state index in [1.165, 1.54) is 0 Å². The van der Waals surface area contributed by atoms with Crippen molar-refractivity contribution in [3.63, 3.8) is 0 Å². The molecule has 0 aliphatic rings. The molecule has 0 aliphatic heterocycles. The molecule has 1 aromatic carbocycles. The number of sulfonamides is 1. The highest BCUT2D eigenvalue weighted by Gasteiger charge is 2.22. The highest BCUT2D eigenvalue weighted by molar-refractivity contribution is 7.89. The van der Waals surface area contributed by atoms with Crippen molar-refractivity contribution in [1.82, 2.24) is 4.72 Å². The van der Waals surface area contributed by atoms with Crippen LogP contribution in [0.4, 0.5) is 0 Å². The van der Waals surface area contributed by atoms with Crippen LogP contribution < -0.4 is 10.5 Å². The Hall–Kier alpha value is -0.910. The van der Waals surface area contributed by atoms with Crippen molar-refractivity contribution in [2.45, 2.75) is 57.8 Å². The van der Waals surface area contributed by atoms with Gasteiger partial charge in [-0.1, -0.05) is 32.9 Å². The summed E-state index contributed by atoms with van der Waals surface area (Å²) in [4.78, 5) is 0.406. The van der Waals surface area contributed by atoms with Gasteiger partial charge >= 0.3 is 0 Å². The summed E-state index contributed by atoms with van der Waals surface area (Å²) in [7, 11) is -3.46. The van der Waals surface area contributed by atoms with Gasteiger partial charge in [-0.25, -0.2) is 13.1 Å². The quantitative estimate of drug-likeness (QED) is 0.793. The summed E-state index contributed by atoms with van der Waals surface area (Å²) >= 11 is 0. The molecule has 3 N–H and O–H groups in total. The third kappa shape index (κ3) is 4.80. The smallest absolute Gasteiger partial charge is 0.241 e. The lowest BCUT2D eigenvalue weighted by Gasteiger charge is -2.22. The van der Waals surface area contributed by atoms with Gasteiger partial charge in [-0.3, -0.25) is 0 Å². The molecule has 0 unspecified atom stereocenters. The minimum Gasteiger partial charge on any atom is -0.330 e. The number of aryl methyl sites for hydroxylation is 2. The van der Waals surface area contributed by atoms with Crippen molar-refractivity contribution in [2.24, 2.45) is 5.73 Å². The van der Waals surface area contributed by atoms with Crippen LogP contribution >= 0.6 is 0 Å². The third-order valence-corrected chi connectivity index (χ3v) is 5.28. The van der Waals surface area contributed by atoms with Crippen molar-refractivity contribution in [3.05, 3.63) is 28.8 Å². The van der Waals surface area contributed by atoms with Gasteiger partial charge in [0, 0.05) is 6.54 Å². The monoisotopic (exact) mass is 312 g/mol. The molecule has 0 bridgehead atoms. The van der Waals surface area contributed by atoms with Gasteiger partial charge in [0.05, 0.1) is 4.90 Å². The van der Waals surface area contributed by atoms with Crippen molar-refractivity contribution >= 4 is 10.0 Å². The molecular formula is C16H28N2O2S. The summed E-state index contributed by atoms with van der Waals surface area (Å²) in [5.41, 5.74) is 8.17. The van der Waals surface area contributed by atoms with Crippen molar-refractivity contribution < 1.29 is 8.42 Å².